The van der Waals surface area contributed by atoms with Crippen LogP contribution in [0.2, 0.25) is 0 Å². The quantitative estimate of drug-likeness (QED) is 0.0582. The van der Waals surface area contributed by atoms with Gasteiger partial charge in [-0.05, 0) is 100 Å². The van der Waals surface area contributed by atoms with Crippen molar-refractivity contribution in [3.63, 3.8) is 0 Å². The molecule has 3 saturated heterocycles. The first-order chi connectivity index (χ1) is 34.0. The lowest BCUT2D eigenvalue weighted by Crippen LogP contribution is -2.80. The predicted octanol–water partition coefficient (Wildman–Crippen LogP) is 4.84. The second kappa shape index (κ2) is 19.1. The van der Waals surface area contributed by atoms with Crippen molar-refractivity contribution in [2.45, 2.75) is 114 Å². The number of rotatable bonds is 16. The van der Waals surface area contributed by atoms with Crippen LogP contribution in [0.1, 0.15) is 78.0 Å². The van der Waals surface area contributed by atoms with Crippen molar-refractivity contribution < 1.29 is 62.0 Å². The maximum absolute atomic E-state index is 15.7. The monoisotopic (exact) mass is 1010 g/mol. The second-order valence-electron chi connectivity index (χ2n) is 20.8. The minimum Gasteiger partial charge on any atom is -0.468 e. The van der Waals surface area contributed by atoms with Crippen molar-refractivity contribution in [2.75, 3.05) is 85.3 Å². The number of hydrogen-bond donors (Lipinski definition) is 4. The molecule has 3 unspecified atom stereocenters. The molecule has 6 heterocycles. The van der Waals surface area contributed by atoms with E-state index >= 15 is 4.79 Å². The molecule has 2 aromatic rings. The molecule has 1 spiro atoms. The molecule has 19 heteroatoms. The zero-order chi connectivity index (χ0) is 50.9. The van der Waals surface area contributed by atoms with Gasteiger partial charge in [0.1, 0.15) is 5.41 Å². The molecule has 2 aliphatic carbocycles. The number of ether oxygens (including phenoxy) is 4. The highest BCUT2D eigenvalue weighted by molar-refractivity contribution is 7.53. The van der Waals surface area contributed by atoms with Crippen molar-refractivity contribution in [3.8, 4) is 0 Å². The van der Waals surface area contributed by atoms with E-state index in [1.54, 1.807) is 21.0 Å². The van der Waals surface area contributed by atoms with Gasteiger partial charge in [0.15, 0.2) is 6.10 Å². The zero-order valence-corrected chi connectivity index (χ0v) is 43.3. The average Bonchev–Trinajstić information content (AvgIpc) is 4.03. The van der Waals surface area contributed by atoms with E-state index in [-0.39, 0.29) is 31.7 Å². The summed E-state index contributed by atoms with van der Waals surface area (Å²) in [5.74, 6) is -3.26. The van der Waals surface area contributed by atoms with Crippen LogP contribution < -0.4 is 5.32 Å². The zero-order valence-electron chi connectivity index (χ0n) is 42.4. The van der Waals surface area contributed by atoms with Crippen LogP contribution in [0.3, 0.4) is 0 Å². The number of amides is 1. The fourth-order valence-electron chi connectivity index (χ4n) is 14.9. The number of carbonyl (C=O) groups excluding carboxylic acids is 4. The molecule has 5 aliphatic heterocycles. The predicted molar refractivity (Wildman–Crippen MR) is 263 cm³/mol. The van der Waals surface area contributed by atoms with E-state index in [0.717, 1.165) is 22.2 Å². The van der Waals surface area contributed by atoms with E-state index < -0.39 is 83.2 Å². The van der Waals surface area contributed by atoms with E-state index in [0.29, 0.717) is 94.7 Å². The SMILES string of the molecule is CCOP(=O)(CCNc1ccc2[nH]c3c(c2c1)CCN1C[C@@H](C[C@@](O)(CC)C1)C[C@]3(C(=O)OC)C1C=C2C(=CC1OC)N(C=O)[C@H]1[C@@](O)(C(=O)OC)[C@H](OC(C)=O)[C@]3(CC)C=CCN4CC[C@]21[C@@H]43)OCC. The first-order valence-corrected chi connectivity index (χ1v) is 27.1. The average molecular weight is 1010 g/mol. The highest BCUT2D eigenvalue weighted by Crippen LogP contribution is 2.70. The van der Waals surface area contributed by atoms with Crippen molar-refractivity contribution in [1.82, 2.24) is 19.7 Å². The van der Waals surface area contributed by atoms with Crippen LogP contribution in [0.15, 0.2) is 53.8 Å². The van der Waals surface area contributed by atoms with Crippen LogP contribution >= 0.6 is 7.60 Å². The lowest BCUT2D eigenvalue weighted by Gasteiger charge is -2.63. The maximum atomic E-state index is 15.7. The summed E-state index contributed by atoms with van der Waals surface area (Å²) in [7, 11) is 0.800. The number of methoxy groups -OCH3 is 3. The summed E-state index contributed by atoms with van der Waals surface area (Å²) in [5.41, 5.74) is -3.18. The summed E-state index contributed by atoms with van der Waals surface area (Å²) >= 11 is 0. The Hall–Kier alpha value is -4.39. The molecule has 1 aromatic carbocycles. The number of esters is 3. The molecule has 1 saturated carbocycles. The Balaban J connectivity index is 1.28. The molecule has 2 bridgehead atoms. The normalized spacial score (nSPS) is 36.2. The summed E-state index contributed by atoms with van der Waals surface area (Å²) in [6.45, 7) is 12.3. The minimum absolute atomic E-state index is 0.157. The van der Waals surface area contributed by atoms with Gasteiger partial charge in [-0.15, -0.1) is 0 Å². The number of likely N-dealkylation sites (tertiary alicyclic amines) is 1. The van der Waals surface area contributed by atoms with Crippen LogP contribution in [-0.2, 0) is 63.6 Å². The first-order valence-electron chi connectivity index (χ1n) is 25.4. The Morgan fingerprint density at radius 2 is 1.72 bits per heavy atom. The van der Waals surface area contributed by atoms with Gasteiger partial charge in [0.05, 0.1) is 51.3 Å². The number of hydrogen-bond acceptors (Lipinski definition) is 16. The van der Waals surface area contributed by atoms with E-state index in [1.807, 2.05) is 50.3 Å². The Labute approximate surface area is 415 Å². The van der Waals surface area contributed by atoms with Crippen molar-refractivity contribution in [2.24, 2.45) is 22.7 Å². The number of benzene rings is 1. The lowest BCUT2D eigenvalue weighted by atomic mass is 9.47. The van der Waals surface area contributed by atoms with Crippen molar-refractivity contribution in [3.05, 3.63) is 65.0 Å². The number of carbonyl (C=O) groups is 4. The van der Waals surface area contributed by atoms with Gasteiger partial charge in [-0.2, -0.15) is 0 Å². The van der Waals surface area contributed by atoms with Gasteiger partial charge < -0.3 is 53.4 Å². The number of aromatic nitrogens is 1. The molecule has 12 atom stereocenters. The largest absolute Gasteiger partial charge is 0.468 e. The van der Waals surface area contributed by atoms with E-state index in [9.17, 15) is 29.2 Å². The van der Waals surface area contributed by atoms with Gasteiger partial charge in [-0.3, -0.25) is 28.7 Å². The third-order valence-corrected chi connectivity index (χ3v) is 19.4. The van der Waals surface area contributed by atoms with Gasteiger partial charge in [-0.25, -0.2) is 4.79 Å². The number of H-pyrrole nitrogens is 1. The molecule has 0 radical (unpaired) electrons. The number of nitrogens with zero attached hydrogens (tertiary/aromatic N) is 3. The summed E-state index contributed by atoms with van der Waals surface area (Å²) in [6.07, 6.45) is 8.78. The minimum atomic E-state index is -3.32. The molecule has 1 aromatic heterocycles. The number of allylic oxidation sites excluding steroid dienone is 1. The molecule has 4 fully saturated rings. The molecule has 71 heavy (non-hydrogen) atoms. The number of nitrogens with one attached hydrogen (secondary N) is 2. The number of piperidine rings is 1. The maximum Gasteiger partial charge on any atom is 0.344 e. The molecule has 7 aliphatic rings. The standard InChI is InChI=1S/C52H72N5O13P/c1-9-48(62)27-33-28-51(46(60)66-7,42-35(16-21-55(29-33)30-48)36-24-34(14-15-39(36)54-42)53-19-23-71(64,68-11-3)69-12-4)38-25-37-40(26-41(38)65-6)57(31-58)44-50(37)18-22-56-20-13-17-49(10-2,43(50)56)45(70-32(5)59)52(44,63)47(61)67-8/h13-15,17,24-26,31,33,38,41,43-45,53-54,62-63H,9-12,16,18-23,27-30H2,1-8H3/t33-,38?,41?,43-,44+,45+,48-,49+,50+,51-,52-/m0/s1. The molecule has 4 N–H and O–H groups in total. The van der Waals surface area contributed by atoms with Crippen LogP contribution in [0.25, 0.3) is 10.9 Å². The first kappa shape index (κ1) is 51.5. The third kappa shape index (κ3) is 7.79. The summed E-state index contributed by atoms with van der Waals surface area (Å²) < 4.78 is 48.6. The molecule has 9 rings (SSSR count). The summed E-state index contributed by atoms with van der Waals surface area (Å²) in [6, 6.07) is 4.15. The van der Waals surface area contributed by atoms with Crippen LogP contribution in [-0.4, -0.2) is 170 Å². The van der Waals surface area contributed by atoms with Crippen LogP contribution in [0, 0.1) is 22.7 Å². The lowest BCUT2D eigenvalue weighted by molar-refractivity contribution is -0.242. The van der Waals surface area contributed by atoms with E-state index in [4.69, 9.17) is 28.0 Å². The second-order valence-corrected chi connectivity index (χ2v) is 23.0. The molecule has 18 nitrogen and oxygen atoms in total. The van der Waals surface area contributed by atoms with Crippen molar-refractivity contribution in [1.29, 1.82) is 0 Å². The Bertz CT molecular complexity index is 2570. The van der Waals surface area contributed by atoms with Gasteiger partial charge in [0.25, 0.3) is 0 Å². The molecule has 388 valence electrons. The van der Waals surface area contributed by atoms with Gasteiger partial charge in [0, 0.05) is 97.5 Å². The smallest absolute Gasteiger partial charge is 0.344 e. The Morgan fingerprint density at radius 1 is 0.972 bits per heavy atom. The van der Waals surface area contributed by atoms with Crippen LogP contribution in [0.4, 0.5) is 5.69 Å². The third-order valence-electron chi connectivity index (χ3n) is 17.4. The number of aliphatic hydroxyl groups is 2. The highest BCUT2D eigenvalue weighted by atomic mass is 31.2. The summed E-state index contributed by atoms with van der Waals surface area (Å²) in [5, 5.41) is 29.9. The topological polar surface area (TPSA) is 219 Å². The summed E-state index contributed by atoms with van der Waals surface area (Å²) in [4.78, 5) is 67.1. The molecular weight excluding hydrogens is 934 g/mol. The fraction of sp³-hybridized carbons (Fsp3) is 0.654. The van der Waals surface area contributed by atoms with Crippen LogP contribution in [0.5, 0.6) is 0 Å². The Kier molecular flexibility index (Phi) is 13.9. The van der Waals surface area contributed by atoms with Crippen molar-refractivity contribution >= 4 is 48.5 Å². The molecule has 1 amide bonds. The number of fused-ring (bicyclic) bond motifs is 6. The van der Waals surface area contributed by atoms with Gasteiger partial charge in [0.2, 0.25) is 12.0 Å². The van der Waals surface area contributed by atoms with Gasteiger partial charge >= 0.3 is 25.5 Å². The van der Waals surface area contributed by atoms with E-state index in [2.05, 4.69) is 26.2 Å². The van der Waals surface area contributed by atoms with E-state index in [1.165, 1.54) is 26.0 Å². The number of anilines is 1. The fourth-order valence-corrected chi connectivity index (χ4v) is 16.4. The number of aromatic amines is 1. The van der Waals surface area contributed by atoms with Gasteiger partial charge in [-0.1, -0.05) is 32.1 Å². The Morgan fingerprint density at radius 3 is 2.37 bits per heavy atom. The highest BCUT2D eigenvalue weighted by Gasteiger charge is 2.82. The molecular formula is C52H72N5O13P.